The summed E-state index contributed by atoms with van der Waals surface area (Å²) in [6.07, 6.45) is 3.70. The Morgan fingerprint density at radius 3 is 2.65 bits per heavy atom. The van der Waals surface area contributed by atoms with Crippen LogP contribution in [0.4, 0.5) is 8.78 Å². The maximum atomic E-state index is 14.6. The van der Waals surface area contributed by atoms with Crippen LogP contribution in [0, 0.1) is 0 Å². The summed E-state index contributed by atoms with van der Waals surface area (Å²) in [7, 11) is 1.11. The van der Waals surface area contributed by atoms with Crippen molar-refractivity contribution in [3.8, 4) is 5.69 Å². The summed E-state index contributed by atoms with van der Waals surface area (Å²) in [5, 5.41) is -0.0451. The van der Waals surface area contributed by atoms with Crippen molar-refractivity contribution in [2.24, 2.45) is 0 Å². The maximum absolute atomic E-state index is 14.6. The van der Waals surface area contributed by atoms with E-state index in [1.165, 1.54) is 11.8 Å². The average Bonchev–Trinajstić information content (AvgIpc) is 3.54. The molecule has 3 aromatic rings. The van der Waals surface area contributed by atoms with E-state index in [1.54, 1.807) is 4.57 Å². The average molecular weight is 510 g/mol. The van der Waals surface area contributed by atoms with Crippen molar-refractivity contribution in [2.45, 2.75) is 29.2 Å². The number of imidazole rings is 1. The molecule has 0 spiro atoms. The van der Waals surface area contributed by atoms with Crippen molar-refractivity contribution in [3.63, 3.8) is 0 Å². The third-order valence-electron chi connectivity index (χ3n) is 4.98. The molecule has 31 heavy (non-hydrogen) atoms. The number of carbonyl (C=O) groups is 2. The highest BCUT2D eigenvalue weighted by Gasteiger charge is 2.42. The molecular weight excluding hydrogens is 492 g/mol. The van der Waals surface area contributed by atoms with Crippen molar-refractivity contribution in [2.75, 3.05) is 13.7 Å². The molecule has 0 unspecified atom stereocenters. The van der Waals surface area contributed by atoms with E-state index in [0.717, 1.165) is 30.7 Å². The lowest BCUT2D eigenvalue weighted by Gasteiger charge is -2.18. The third kappa shape index (κ3) is 4.45. The Morgan fingerprint density at radius 2 is 1.97 bits per heavy atom. The second-order valence-electron chi connectivity index (χ2n) is 7.07. The van der Waals surface area contributed by atoms with Gasteiger partial charge in [0.1, 0.15) is 11.1 Å². The molecule has 0 aliphatic heterocycles. The lowest BCUT2D eigenvalue weighted by Crippen LogP contribution is -2.40. The number of rotatable bonds is 7. The molecular formula is C21H18BrF2N3O3S. The molecule has 0 bridgehead atoms. The molecule has 1 aliphatic carbocycles. The molecule has 0 atom stereocenters. The predicted octanol–water partition coefficient (Wildman–Crippen LogP) is 4.64. The fourth-order valence-corrected chi connectivity index (χ4v) is 4.71. The number of amides is 1. The van der Waals surface area contributed by atoms with E-state index in [2.05, 4.69) is 25.7 Å². The lowest BCUT2D eigenvalue weighted by atomic mass is 9.99. The van der Waals surface area contributed by atoms with Gasteiger partial charge < -0.3 is 10.1 Å². The van der Waals surface area contributed by atoms with Gasteiger partial charge >= 0.3 is 17.1 Å². The van der Waals surface area contributed by atoms with Gasteiger partial charge in [0.2, 0.25) is 0 Å². The zero-order valence-corrected chi connectivity index (χ0v) is 18.8. The van der Waals surface area contributed by atoms with Gasteiger partial charge in [-0.3, -0.25) is 14.2 Å². The second kappa shape index (κ2) is 8.58. The number of alkyl halides is 2. The van der Waals surface area contributed by atoms with Crippen LogP contribution in [-0.4, -0.2) is 40.3 Å². The molecule has 6 nitrogen and oxygen atoms in total. The summed E-state index contributed by atoms with van der Waals surface area (Å²) in [5.74, 6) is -1.88. The first-order valence-electron chi connectivity index (χ1n) is 9.49. The van der Waals surface area contributed by atoms with Crippen LogP contribution in [0.15, 0.2) is 52.4 Å². The van der Waals surface area contributed by atoms with Crippen LogP contribution >= 0.6 is 27.7 Å². The number of aromatic nitrogens is 2. The molecule has 1 fully saturated rings. The molecule has 162 valence electrons. The van der Waals surface area contributed by atoms with Gasteiger partial charge in [-0.25, -0.2) is 4.98 Å². The summed E-state index contributed by atoms with van der Waals surface area (Å²) in [6, 6.07) is 11.7. The molecule has 1 saturated carbocycles. The first-order chi connectivity index (χ1) is 14.8. The number of benzene rings is 2. The number of nitrogens with one attached hydrogen (secondary N) is 1. The fourth-order valence-electron chi connectivity index (χ4n) is 3.35. The van der Waals surface area contributed by atoms with Crippen molar-refractivity contribution in [1.82, 2.24) is 14.9 Å². The van der Waals surface area contributed by atoms with E-state index in [4.69, 9.17) is 0 Å². The number of thioether (sulfide) groups is 1. The Kier molecular flexibility index (Phi) is 6.02. The number of esters is 1. The third-order valence-corrected chi connectivity index (χ3v) is 6.46. The van der Waals surface area contributed by atoms with E-state index in [0.29, 0.717) is 16.2 Å². The highest BCUT2D eigenvalue weighted by atomic mass is 79.9. The van der Waals surface area contributed by atoms with Gasteiger partial charge in [-0.05, 0) is 63.5 Å². The number of ether oxygens (including phenoxy) is 1. The van der Waals surface area contributed by atoms with Crippen molar-refractivity contribution >= 4 is 50.3 Å². The number of halogens is 3. The minimum absolute atomic E-state index is 0.0113. The number of hydrogen-bond donors (Lipinski definition) is 1. The zero-order chi connectivity index (χ0) is 22.2. The molecule has 1 amide bonds. The van der Waals surface area contributed by atoms with E-state index < -0.39 is 23.7 Å². The Labute approximate surface area is 189 Å². The SMILES string of the molecule is COC(=O)CNC(=O)C(F)(F)Sc1ncc(Br)n1-c1ccc(C2CC2)c2ccccc12. The summed E-state index contributed by atoms with van der Waals surface area (Å²) in [6.45, 7) is -0.642. The first-order valence-corrected chi connectivity index (χ1v) is 11.1. The standard InChI is InChI=1S/C21H18BrF2N3O3S/c1-30-18(28)11-25-19(29)21(23,24)31-20-26-10-17(22)27(20)16-9-8-13(12-6-7-12)14-4-2-3-5-15(14)16/h2-5,8-10,12H,6-7,11H2,1H3,(H,25,29). The van der Waals surface area contributed by atoms with Gasteiger partial charge in [0.05, 0.1) is 19.0 Å². The largest absolute Gasteiger partial charge is 0.468 e. The van der Waals surface area contributed by atoms with Gasteiger partial charge in [0, 0.05) is 5.39 Å². The molecule has 1 aromatic heterocycles. The summed E-state index contributed by atoms with van der Waals surface area (Å²) in [5.41, 5.74) is 1.93. The molecule has 1 N–H and O–H groups in total. The minimum atomic E-state index is -3.85. The van der Waals surface area contributed by atoms with Crippen LogP contribution in [0.5, 0.6) is 0 Å². The van der Waals surface area contributed by atoms with Crippen LogP contribution in [0.2, 0.25) is 0 Å². The normalized spacial score (nSPS) is 13.9. The minimum Gasteiger partial charge on any atom is -0.468 e. The van der Waals surface area contributed by atoms with Crippen LogP contribution in [0.3, 0.4) is 0 Å². The van der Waals surface area contributed by atoms with Gasteiger partial charge in [-0.15, -0.1) is 0 Å². The topological polar surface area (TPSA) is 73.2 Å². The molecule has 10 heteroatoms. The molecule has 0 radical (unpaired) electrons. The molecule has 1 aliphatic rings. The second-order valence-corrected chi connectivity index (χ2v) is 8.96. The summed E-state index contributed by atoms with van der Waals surface area (Å²) >= 11 is 3.39. The Morgan fingerprint density at radius 1 is 1.26 bits per heavy atom. The Bertz CT molecular complexity index is 1160. The van der Waals surface area contributed by atoms with Crippen molar-refractivity contribution in [3.05, 3.63) is 52.8 Å². The maximum Gasteiger partial charge on any atom is 0.377 e. The molecule has 4 rings (SSSR count). The number of nitrogens with zero attached hydrogens (tertiary/aromatic N) is 2. The molecule has 1 heterocycles. The zero-order valence-electron chi connectivity index (χ0n) is 16.4. The highest BCUT2D eigenvalue weighted by Crippen LogP contribution is 2.45. The quantitative estimate of drug-likeness (QED) is 0.371. The van der Waals surface area contributed by atoms with Crippen molar-refractivity contribution < 1.29 is 23.1 Å². The van der Waals surface area contributed by atoms with Gasteiger partial charge in [0.25, 0.3) is 0 Å². The molecule has 0 saturated heterocycles. The summed E-state index contributed by atoms with van der Waals surface area (Å²) < 4.78 is 35.5. The van der Waals surface area contributed by atoms with E-state index in [9.17, 15) is 18.4 Å². The van der Waals surface area contributed by atoms with Crippen LogP contribution in [-0.2, 0) is 14.3 Å². The number of carbonyl (C=O) groups excluding carboxylic acids is 2. The van der Waals surface area contributed by atoms with E-state index in [-0.39, 0.29) is 16.9 Å². The number of fused-ring (bicyclic) bond motifs is 1. The monoisotopic (exact) mass is 509 g/mol. The van der Waals surface area contributed by atoms with Crippen LogP contribution in [0.1, 0.15) is 24.3 Å². The number of methoxy groups -OCH3 is 1. The van der Waals surface area contributed by atoms with Gasteiger partial charge in [-0.1, -0.05) is 30.3 Å². The number of hydrogen-bond acceptors (Lipinski definition) is 5. The van der Waals surface area contributed by atoms with Crippen molar-refractivity contribution in [1.29, 1.82) is 0 Å². The highest BCUT2D eigenvalue weighted by molar-refractivity contribution is 9.10. The smallest absolute Gasteiger partial charge is 0.377 e. The Balaban J connectivity index is 1.68. The predicted molar refractivity (Wildman–Crippen MR) is 117 cm³/mol. The van der Waals surface area contributed by atoms with Crippen LogP contribution in [0.25, 0.3) is 16.5 Å². The van der Waals surface area contributed by atoms with Gasteiger partial charge in [0.15, 0.2) is 5.16 Å². The Hall–Kier alpha value is -2.46. The lowest BCUT2D eigenvalue weighted by molar-refractivity contribution is -0.143. The first kappa shape index (κ1) is 21.8. The molecule has 2 aromatic carbocycles. The van der Waals surface area contributed by atoms with E-state index >= 15 is 0 Å². The van der Waals surface area contributed by atoms with E-state index in [1.807, 2.05) is 41.7 Å². The summed E-state index contributed by atoms with van der Waals surface area (Å²) in [4.78, 5) is 27.2. The fraction of sp³-hybridized carbons (Fsp3) is 0.286. The van der Waals surface area contributed by atoms with Crippen LogP contribution < -0.4 is 5.32 Å². The van der Waals surface area contributed by atoms with Gasteiger partial charge in [-0.2, -0.15) is 8.78 Å².